The zero-order valence-corrected chi connectivity index (χ0v) is 15.3. The highest BCUT2D eigenvalue weighted by atomic mass is 35.5. The lowest BCUT2D eigenvalue weighted by Crippen LogP contribution is -1.93. The van der Waals surface area contributed by atoms with Crippen LogP contribution in [0.2, 0.25) is 0 Å². The van der Waals surface area contributed by atoms with Crippen LogP contribution in [0.25, 0.3) is 22.5 Å². The summed E-state index contributed by atoms with van der Waals surface area (Å²) in [6.45, 7) is 0.154. The highest BCUT2D eigenvalue weighted by molar-refractivity contribution is 6.50. The van der Waals surface area contributed by atoms with E-state index in [0.717, 1.165) is 16.9 Å². The fourth-order valence-electron chi connectivity index (χ4n) is 2.62. The molecule has 2 aromatic carbocycles. The molecule has 2 heterocycles. The zero-order chi connectivity index (χ0) is 18.8. The van der Waals surface area contributed by atoms with Crippen molar-refractivity contribution in [3.63, 3.8) is 0 Å². The monoisotopic (exact) mass is 386 g/mol. The van der Waals surface area contributed by atoms with E-state index < -0.39 is 0 Å². The van der Waals surface area contributed by atoms with Crippen molar-refractivity contribution in [1.29, 1.82) is 0 Å². The van der Waals surface area contributed by atoms with Gasteiger partial charge in [0.15, 0.2) is 11.5 Å². The average molecular weight is 387 g/mol. The molecule has 0 atom stereocenters. The number of ether oxygens (including phenoxy) is 4. The maximum Gasteiger partial charge on any atom is 0.269 e. The Morgan fingerprint density at radius 2 is 1.93 bits per heavy atom. The molecule has 3 aromatic rings. The molecule has 0 aliphatic carbocycles. The van der Waals surface area contributed by atoms with E-state index in [9.17, 15) is 0 Å². The first-order chi connectivity index (χ1) is 13.2. The van der Waals surface area contributed by atoms with Gasteiger partial charge in [-0.25, -0.2) is 0 Å². The van der Waals surface area contributed by atoms with Crippen LogP contribution in [-0.2, 0) is 0 Å². The molecule has 0 spiro atoms. The molecular formula is C19H15ClN2O5. The lowest BCUT2D eigenvalue weighted by Gasteiger charge is -2.05. The number of hydrogen-bond donors (Lipinski definition) is 0. The van der Waals surface area contributed by atoms with Gasteiger partial charge in [-0.1, -0.05) is 16.8 Å². The SMILES string of the molecule is COc1ccc(-c2noc(/C(Cl)=C/c3cc(OC)c4c(c3)OCO4)n2)cc1. The van der Waals surface area contributed by atoms with Crippen LogP contribution < -0.4 is 18.9 Å². The Balaban J connectivity index is 1.61. The van der Waals surface area contributed by atoms with Gasteiger partial charge in [-0.05, 0) is 48.0 Å². The molecule has 138 valence electrons. The van der Waals surface area contributed by atoms with Crippen LogP contribution >= 0.6 is 11.6 Å². The van der Waals surface area contributed by atoms with Gasteiger partial charge in [0.05, 0.1) is 14.2 Å². The van der Waals surface area contributed by atoms with E-state index in [2.05, 4.69) is 10.1 Å². The van der Waals surface area contributed by atoms with Crippen LogP contribution in [-0.4, -0.2) is 31.2 Å². The summed E-state index contributed by atoms with van der Waals surface area (Å²) in [4.78, 5) is 4.34. The Hall–Kier alpha value is -3.19. The van der Waals surface area contributed by atoms with Gasteiger partial charge in [0, 0.05) is 5.56 Å². The number of rotatable bonds is 5. The van der Waals surface area contributed by atoms with Crippen molar-refractivity contribution in [3.8, 4) is 34.4 Å². The molecule has 0 bridgehead atoms. The molecular weight excluding hydrogens is 372 g/mol. The summed E-state index contributed by atoms with van der Waals surface area (Å²) in [7, 11) is 3.17. The van der Waals surface area contributed by atoms with Gasteiger partial charge in [-0.15, -0.1) is 0 Å². The predicted octanol–water partition coefficient (Wildman–Crippen LogP) is 4.22. The van der Waals surface area contributed by atoms with E-state index in [1.54, 1.807) is 32.4 Å². The second kappa shape index (κ2) is 7.20. The molecule has 1 aromatic heterocycles. The fourth-order valence-corrected chi connectivity index (χ4v) is 2.82. The minimum atomic E-state index is 0.154. The van der Waals surface area contributed by atoms with Gasteiger partial charge in [0.2, 0.25) is 18.4 Å². The maximum absolute atomic E-state index is 6.37. The Bertz CT molecular complexity index is 998. The highest BCUT2D eigenvalue weighted by Gasteiger charge is 2.20. The molecule has 1 aliphatic heterocycles. The van der Waals surface area contributed by atoms with E-state index in [1.807, 2.05) is 24.3 Å². The quantitative estimate of drug-likeness (QED) is 0.649. The third-order valence-electron chi connectivity index (χ3n) is 3.95. The van der Waals surface area contributed by atoms with Crippen molar-refractivity contribution in [3.05, 3.63) is 47.9 Å². The molecule has 0 N–H and O–H groups in total. The van der Waals surface area contributed by atoms with Gasteiger partial charge in [0.1, 0.15) is 10.8 Å². The van der Waals surface area contributed by atoms with Crippen LogP contribution in [0.5, 0.6) is 23.0 Å². The highest BCUT2D eigenvalue weighted by Crippen LogP contribution is 2.42. The van der Waals surface area contributed by atoms with E-state index in [-0.39, 0.29) is 12.7 Å². The van der Waals surface area contributed by atoms with E-state index in [0.29, 0.717) is 28.1 Å². The molecule has 8 heteroatoms. The smallest absolute Gasteiger partial charge is 0.269 e. The van der Waals surface area contributed by atoms with Crippen LogP contribution in [0, 0.1) is 0 Å². The maximum atomic E-state index is 6.37. The first-order valence-electron chi connectivity index (χ1n) is 8.01. The van der Waals surface area contributed by atoms with Crippen LogP contribution in [0.1, 0.15) is 11.5 Å². The average Bonchev–Trinajstić information content (AvgIpc) is 3.37. The summed E-state index contributed by atoms with van der Waals surface area (Å²) >= 11 is 6.37. The third kappa shape index (κ3) is 3.41. The number of nitrogens with zero attached hydrogens (tertiary/aromatic N) is 2. The van der Waals surface area contributed by atoms with Crippen molar-refractivity contribution < 1.29 is 23.5 Å². The van der Waals surface area contributed by atoms with Gasteiger partial charge in [0.25, 0.3) is 5.89 Å². The van der Waals surface area contributed by atoms with Crippen molar-refractivity contribution in [2.24, 2.45) is 0 Å². The molecule has 0 fully saturated rings. The molecule has 1 aliphatic rings. The number of methoxy groups -OCH3 is 2. The fraction of sp³-hybridized carbons (Fsp3) is 0.158. The first kappa shape index (κ1) is 17.2. The molecule has 0 unspecified atom stereocenters. The molecule has 0 radical (unpaired) electrons. The minimum absolute atomic E-state index is 0.154. The lowest BCUT2D eigenvalue weighted by atomic mass is 10.1. The summed E-state index contributed by atoms with van der Waals surface area (Å²) in [5.74, 6) is 3.11. The Labute approximate surface area is 160 Å². The van der Waals surface area contributed by atoms with Crippen molar-refractivity contribution in [2.45, 2.75) is 0 Å². The third-order valence-corrected chi connectivity index (χ3v) is 4.22. The molecule has 0 saturated carbocycles. The van der Waals surface area contributed by atoms with E-state index >= 15 is 0 Å². The normalized spacial score (nSPS) is 12.9. The van der Waals surface area contributed by atoms with Crippen LogP contribution in [0.4, 0.5) is 0 Å². The van der Waals surface area contributed by atoms with Crippen molar-refractivity contribution in [2.75, 3.05) is 21.0 Å². The Kier molecular flexibility index (Phi) is 4.60. The molecule has 7 nitrogen and oxygen atoms in total. The Morgan fingerprint density at radius 1 is 1.11 bits per heavy atom. The standard InChI is InChI=1S/C19H15ClN2O5/c1-23-13-5-3-12(4-6-13)18-21-19(27-22-18)14(20)7-11-8-15(24-2)17-16(9-11)25-10-26-17/h3-9H,10H2,1-2H3/b14-7-. The number of aromatic nitrogens is 2. The molecule has 0 amide bonds. The van der Waals surface area contributed by atoms with Gasteiger partial charge in [-0.2, -0.15) is 4.98 Å². The lowest BCUT2D eigenvalue weighted by molar-refractivity contribution is 0.171. The topological polar surface area (TPSA) is 75.8 Å². The van der Waals surface area contributed by atoms with Gasteiger partial charge < -0.3 is 23.5 Å². The van der Waals surface area contributed by atoms with Crippen LogP contribution in [0.15, 0.2) is 40.9 Å². The minimum Gasteiger partial charge on any atom is -0.497 e. The summed E-state index contributed by atoms with van der Waals surface area (Å²) < 4.78 is 26.5. The van der Waals surface area contributed by atoms with E-state index in [1.165, 1.54) is 0 Å². The number of fused-ring (bicyclic) bond motifs is 1. The molecule has 0 saturated heterocycles. The first-order valence-corrected chi connectivity index (χ1v) is 8.39. The second-order valence-electron chi connectivity index (χ2n) is 5.60. The van der Waals surface area contributed by atoms with Crippen molar-refractivity contribution in [1.82, 2.24) is 10.1 Å². The van der Waals surface area contributed by atoms with Crippen LogP contribution in [0.3, 0.4) is 0 Å². The predicted molar refractivity (Wildman–Crippen MR) is 99.1 cm³/mol. The van der Waals surface area contributed by atoms with E-state index in [4.69, 9.17) is 35.1 Å². The summed E-state index contributed by atoms with van der Waals surface area (Å²) in [6.07, 6.45) is 1.69. The number of benzene rings is 2. The Morgan fingerprint density at radius 3 is 2.67 bits per heavy atom. The summed E-state index contributed by atoms with van der Waals surface area (Å²) in [5.41, 5.74) is 1.55. The molecule has 4 rings (SSSR count). The van der Waals surface area contributed by atoms with Gasteiger partial charge >= 0.3 is 0 Å². The summed E-state index contributed by atoms with van der Waals surface area (Å²) in [6, 6.07) is 10.9. The largest absolute Gasteiger partial charge is 0.497 e. The molecule has 27 heavy (non-hydrogen) atoms. The zero-order valence-electron chi connectivity index (χ0n) is 14.6. The summed E-state index contributed by atoms with van der Waals surface area (Å²) in [5, 5.41) is 4.27. The van der Waals surface area contributed by atoms with Crippen molar-refractivity contribution >= 4 is 22.7 Å². The number of halogens is 1. The number of hydrogen-bond acceptors (Lipinski definition) is 7. The van der Waals surface area contributed by atoms with Gasteiger partial charge in [-0.3, -0.25) is 0 Å². The second-order valence-corrected chi connectivity index (χ2v) is 6.01.